The summed E-state index contributed by atoms with van der Waals surface area (Å²) in [7, 11) is 0. The maximum atomic E-state index is 6.09. The van der Waals surface area contributed by atoms with Gasteiger partial charge in [-0.2, -0.15) is 5.10 Å². The van der Waals surface area contributed by atoms with Crippen LogP contribution in [-0.4, -0.2) is 15.2 Å². The summed E-state index contributed by atoms with van der Waals surface area (Å²) in [5, 5.41) is 4.71. The number of alkyl halides is 1. The van der Waals surface area contributed by atoms with Gasteiger partial charge in [0.15, 0.2) is 0 Å². The number of hydrogen-bond acceptors (Lipinski definition) is 1. The van der Waals surface area contributed by atoms with Crippen LogP contribution in [-0.2, 0) is 13.0 Å². The van der Waals surface area contributed by atoms with Gasteiger partial charge in [-0.15, -0.1) is 11.6 Å². The Balaban J connectivity index is 2.57. The molecule has 0 bridgehead atoms. The minimum Gasteiger partial charge on any atom is -0.270 e. The molecule has 80 valence electrons. The van der Waals surface area contributed by atoms with Crippen molar-refractivity contribution in [2.24, 2.45) is 0 Å². The van der Waals surface area contributed by atoms with E-state index in [1.54, 1.807) is 0 Å². The Labute approximate surface area is 91.3 Å². The van der Waals surface area contributed by atoms with Crippen LogP contribution in [0.4, 0.5) is 0 Å². The van der Waals surface area contributed by atoms with Crippen molar-refractivity contribution in [1.82, 2.24) is 9.78 Å². The van der Waals surface area contributed by atoms with Crippen LogP contribution in [0.15, 0.2) is 6.07 Å². The molecule has 0 N–H and O–H groups in total. The molecule has 3 heteroatoms. The fraction of sp³-hybridized carbons (Fsp3) is 0.727. The summed E-state index contributed by atoms with van der Waals surface area (Å²) in [5.74, 6) is 0. The summed E-state index contributed by atoms with van der Waals surface area (Å²) in [5.41, 5.74) is 2.41. The Morgan fingerprint density at radius 2 is 2.21 bits per heavy atom. The first-order valence-corrected chi connectivity index (χ1v) is 5.78. The first-order valence-electron chi connectivity index (χ1n) is 5.34. The van der Waals surface area contributed by atoms with E-state index in [1.807, 2.05) is 6.92 Å². The average molecular weight is 215 g/mol. The van der Waals surface area contributed by atoms with E-state index in [2.05, 4.69) is 29.7 Å². The molecule has 1 atom stereocenters. The van der Waals surface area contributed by atoms with Gasteiger partial charge in [0.2, 0.25) is 0 Å². The predicted octanol–water partition coefficient (Wildman–Crippen LogP) is 3.16. The lowest BCUT2D eigenvalue weighted by atomic mass is 10.1. The molecule has 0 aromatic carbocycles. The van der Waals surface area contributed by atoms with Gasteiger partial charge in [-0.25, -0.2) is 0 Å². The fourth-order valence-corrected chi connectivity index (χ4v) is 1.69. The van der Waals surface area contributed by atoms with Crippen molar-refractivity contribution in [3.05, 3.63) is 17.5 Å². The molecule has 0 fully saturated rings. The van der Waals surface area contributed by atoms with Crippen LogP contribution in [0, 0.1) is 6.92 Å². The van der Waals surface area contributed by atoms with E-state index in [9.17, 15) is 0 Å². The zero-order chi connectivity index (χ0) is 10.6. The second kappa shape index (κ2) is 5.40. The lowest BCUT2D eigenvalue weighted by Gasteiger charge is -2.07. The normalized spacial score (nSPS) is 13.1. The van der Waals surface area contributed by atoms with E-state index in [-0.39, 0.29) is 0 Å². The molecule has 1 heterocycles. The van der Waals surface area contributed by atoms with Crippen molar-refractivity contribution in [1.29, 1.82) is 0 Å². The minimum atomic E-state index is 0.301. The molecule has 1 aromatic rings. The maximum Gasteiger partial charge on any atom is 0.0596 e. The zero-order valence-electron chi connectivity index (χ0n) is 9.26. The maximum absolute atomic E-state index is 6.09. The second-order valence-corrected chi connectivity index (χ2v) is 4.25. The fourth-order valence-electron chi connectivity index (χ4n) is 1.58. The smallest absolute Gasteiger partial charge is 0.0596 e. The number of aryl methyl sites for hydroxylation is 3. The summed E-state index contributed by atoms with van der Waals surface area (Å²) in [4.78, 5) is 0. The minimum absolute atomic E-state index is 0.301. The third kappa shape index (κ3) is 3.02. The monoisotopic (exact) mass is 214 g/mol. The van der Waals surface area contributed by atoms with Crippen molar-refractivity contribution >= 4 is 11.6 Å². The van der Waals surface area contributed by atoms with E-state index in [0.717, 1.165) is 31.5 Å². The van der Waals surface area contributed by atoms with Gasteiger partial charge < -0.3 is 0 Å². The Morgan fingerprint density at radius 3 is 2.79 bits per heavy atom. The number of hydrogen-bond donors (Lipinski definition) is 0. The predicted molar refractivity (Wildman–Crippen MR) is 60.9 cm³/mol. The molecule has 2 nitrogen and oxygen atoms in total. The van der Waals surface area contributed by atoms with Crippen molar-refractivity contribution in [3.8, 4) is 0 Å². The van der Waals surface area contributed by atoms with Crippen LogP contribution in [0.3, 0.4) is 0 Å². The van der Waals surface area contributed by atoms with E-state index < -0.39 is 0 Å². The average Bonchev–Trinajstić information content (AvgIpc) is 2.55. The lowest BCUT2D eigenvalue weighted by molar-refractivity contribution is 0.598. The highest BCUT2D eigenvalue weighted by Gasteiger charge is 2.06. The molecule has 0 aliphatic carbocycles. The zero-order valence-corrected chi connectivity index (χ0v) is 10.0. The molecule has 1 unspecified atom stereocenters. The molecular formula is C11H19ClN2. The Kier molecular flexibility index (Phi) is 4.46. The largest absolute Gasteiger partial charge is 0.270 e. The standard InChI is InChI=1S/C11H19ClN2/c1-4-10(12)6-7-11-8-9(3)13-14(11)5-2/h8,10H,4-7H2,1-3H3. The van der Waals surface area contributed by atoms with Gasteiger partial charge in [0.1, 0.15) is 0 Å². The van der Waals surface area contributed by atoms with E-state index in [0.29, 0.717) is 5.38 Å². The van der Waals surface area contributed by atoms with Crippen LogP contribution in [0.25, 0.3) is 0 Å². The lowest BCUT2D eigenvalue weighted by Crippen LogP contribution is -2.05. The number of aromatic nitrogens is 2. The van der Waals surface area contributed by atoms with Gasteiger partial charge in [-0.3, -0.25) is 4.68 Å². The van der Waals surface area contributed by atoms with Gasteiger partial charge in [0.05, 0.1) is 5.69 Å². The molecule has 14 heavy (non-hydrogen) atoms. The SMILES string of the molecule is CCC(Cl)CCc1cc(C)nn1CC. The van der Waals surface area contributed by atoms with Crippen molar-refractivity contribution in [2.45, 2.75) is 52.0 Å². The van der Waals surface area contributed by atoms with Gasteiger partial charge >= 0.3 is 0 Å². The van der Waals surface area contributed by atoms with Gasteiger partial charge in [0, 0.05) is 17.6 Å². The first-order chi connectivity index (χ1) is 6.67. The van der Waals surface area contributed by atoms with Gasteiger partial charge in [-0.05, 0) is 39.2 Å². The summed E-state index contributed by atoms with van der Waals surface area (Å²) in [6.07, 6.45) is 3.13. The van der Waals surface area contributed by atoms with E-state index >= 15 is 0 Å². The molecular weight excluding hydrogens is 196 g/mol. The van der Waals surface area contributed by atoms with Crippen LogP contribution in [0.2, 0.25) is 0 Å². The Morgan fingerprint density at radius 1 is 1.50 bits per heavy atom. The molecule has 0 aliphatic rings. The second-order valence-electron chi connectivity index (χ2n) is 3.64. The molecule has 0 saturated carbocycles. The Hall–Kier alpha value is -0.500. The summed E-state index contributed by atoms with van der Waals surface area (Å²) >= 11 is 6.09. The topological polar surface area (TPSA) is 17.8 Å². The van der Waals surface area contributed by atoms with Crippen molar-refractivity contribution in [3.63, 3.8) is 0 Å². The molecule has 0 saturated heterocycles. The van der Waals surface area contributed by atoms with Crippen molar-refractivity contribution < 1.29 is 0 Å². The molecule has 0 radical (unpaired) electrons. The molecule has 1 aromatic heterocycles. The summed E-state index contributed by atoms with van der Waals surface area (Å²) in [6, 6.07) is 2.16. The molecule has 0 aliphatic heterocycles. The summed E-state index contributed by atoms with van der Waals surface area (Å²) < 4.78 is 2.06. The Bertz CT molecular complexity index is 281. The highest BCUT2D eigenvalue weighted by atomic mass is 35.5. The molecule has 0 amide bonds. The number of halogens is 1. The van der Waals surface area contributed by atoms with Crippen molar-refractivity contribution in [2.75, 3.05) is 0 Å². The van der Waals surface area contributed by atoms with Crippen LogP contribution < -0.4 is 0 Å². The van der Waals surface area contributed by atoms with E-state index in [1.165, 1.54) is 5.69 Å². The highest BCUT2D eigenvalue weighted by Crippen LogP contribution is 2.13. The van der Waals surface area contributed by atoms with Crippen LogP contribution in [0.1, 0.15) is 38.1 Å². The van der Waals surface area contributed by atoms with E-state index in [4.69, 9.17) is 11.6 Å². The molecule has 0 spiro atoms. The summed E-state index contributed by atoms with van der Waals surface area (Å²) in [6.45, 7) is 7.23. The number of nitrogens with zero attached hydrogens (tertiary/aromatic N) is 2. The first kappa shape index (κ1) is 11.6. The van der Waals surface area contributed by atoms with Gasteiger partial charge in [-0.1, -0.05) is 6.92 Å². The highest BCUT2D eigenvalue weighted by molar-refractivity contribution is 6.20. The third-order valence-electron chi connectivity index (χ3n) is 2.44. The quantitative estimate of drug-likeness (QED) is 0.689. The third-order valence-corrected chi connectivity index (χ3v) is 2.97. The van der Waals surface area contributed by atoms with Crippen LogP contribution in [0.5, 0.6) is 0 Å². The molecule has 1 rings (SSSR count). The van der Waals surface area contributed by atoms with Crippen LogP contribution >= 0.6 is 11.6 Å². The van der Waals surface area contributed by atoms with Gasteiger partial charge in [0.25, 0.3) is 0 Å². The number of rotatable bonds is 5.